The molecule has 0 bridgehead atoms. The van der Waals surface area contributed by atoms with E-state index < -0.39 is 0 Å². The number of ether oxygens (including phenoxy) is 2. The summed E-state index contributed by atoms with van der Waals surface area (Å²) in [6.45, 7) is 4.91. The average Bonchev–Trinajstić information content (AvgIpc) is 2.69. The summed E-state index contributed by atoms with van der Waals surface area (Å²) in [5.41, 5.74) is 2.25. The number of halogens is 1. The van der Waals surface area contributed by atoms with Gasteiger partial charge in [-0.1, -0.05) is 15.9 Å². The van der Waals surface area contributed by atoms with Gasteiger partial charge in [0, 0.05) is 4.47 Å². The van der Waals surface area contributed by atoms with Crippen LogP contribution in [-0.2, 0) is 4.74 Å². The number of benzene rings is 1. The molecule has 1 saturated heterocycles. The number of cyclic esters (lactones) is 1. The topological polar surface area (TPSA) is 47.6 Å². The number of nitrogens with one attached hydrogen (secondary N) is 1. The average molecular weight is 300 g/mol. The first kappa shape index (κ1) is 12.2. The molecule has 5 heteroatoms. The number of aryl methyl sites for hydroxylation is 2. The normalized spacial score (nSPS) is 18.8. The summed E-state index contributed by atoms with van der Waals surface area (Å²) >= 11 is 3.50. The zero-order valence-corrected chi connectivity index (χ0v) is 11.3. The summed E-state index contributed by atoms with van der Waals surface area (Å²) in [7, 11) is 0. The van der Waals surface area contributed by atoms with Crippen molar-refractivity contribution < 1.29 is 14.3 Å². The Morgan fingerprint density at radius 1 is 1.47 bits per heavy atom. The van der Waals surface area contributed by atoms with E-state index in [-0.39, 0.29) is 12.2 Å². The number of alkyl carbamates (subject to hydrolysis) is 1. The Hall–Kier alpha value is -1.23. The molecular weight excluding hydrogens is 286 g/mol. The van der Waals surface area contributed by atoms with E-state index in [0.29, 0.717) is 13.2 Å². The lowest BCUT2D eigenvalue weighted by Gasteiger charge is -2.12. The predicted molar refractivity (Wildman–Crippen MR) is 67.4 cm³/mol. The summed E-state index contributed by atoms with van der Waals surface area (Å²) in [4.78, 5) is 10.8. The van der Waals surface area contributed by atoms with Crippen LogP contribution < -0.4 is 10.1 Å². The van der Waals surface area contributed by atoms with E-state index in [0.717, 1.165) is 21.3 Å². The minimum Gasteiger partial charge on any atom is -0.490 e. The highest BCUT2D eigenvalue weighted by molar-refractivity contribution is 9.10. The molecule has 1 amide bonds. The fraction of sp³-hybridized carbons (Fsp3) is 0.417. The van der Waals surface area contributed by atoms with E-state index >= 15 is 0 Å². The van der Waals surface area contributed by atoms with Crippen molar-refractivity contribution in [2.45, 2.75) is 20.0 Å². The fourth-order valence-corrected chi connectivity index (χ4v) is 1.93. The van der Waals surface area contributed by atoms with Crippen LogP contribution in [0.5, 0.6) is 5.75 Å². The van der Waals surface area contributed by atoms with Crippen molar-refractivity contribution >= 4 is 22.0 Å². The molecule has 4 nitrogen and oxygen atoms in total. The molecule has 1 heterocycles. The van der Waals surface area contributed by atoms with Crippen molar-refractivity contribution in [3.63, 3.8) is 0 Å². The number of rotatable bonds is 3. The molecule has 0 radical (unpaired) electrons. The Morgan fingerprint density at radius 3 is 2.65 bits per heavy atom. The molecule has 92 valence electrons. The molecule has 0 saturated carbocycles. The van der Waals surface area contributed by atoms with Crippen LogP contribution in [0, 0.1) is 13.8 Å². The fourth-order valence-electron chi connectivity index (χ4n) is 1.70. The second-order valence-corrected chi connectivity index (χ2v) is 4.88. The molecule has 1 aliphatic heterocycles. The summed E-state index contributed by atoms with van der Waals surface area (Å²) in [5, 5.41) is 2.59. The zero-order valence-electron chi connectivity index (χ0n) is 9.75. The lowest BCUT2D eigenvalue weighted by atomic mass is 10.1. The van der Waals surface area contributed by atoms with E-state index in [1.54, 1.807) is 0 Å². The predicted octanol–water partition coefficient (Wildman–Crippen LogP) is 2.55. The van der Waals surface area contributed by atoms with Gasteiger partial charge in [0.25, 0.3) is 0 Å². The van der Waals surface area contributed by atoms with Crippen LogP contribution in [0.2, 0.25) is 0 Å². The molecule has 1 fully saturated rings. The summed E-state index contributed by atoms with van der Waals surface area (Å²) in [6, 6.07) is 3.92. The van der Waals surface area contributed by atoms with Crippen LogP contribution in [-0.4, -0.2) is 25.3 Å². The second kappa shape index (κ2) is 4.96. The Labute approximate surface area is 108 Å². The molecular formula is C12H14BrNO3. The second-order valence-electron chi connectivity index (χ2n) is 4.09. The summed E-state index contributed by atoms with van der Waals surface area (Å²) in [6.07, 6.45) is -0.575. The summed E-state index contributed by atoms with van der Waals surface area (Å²) in [5.74, 6) is 0.797. The SMILES string of the molecule is Cc1cc(OCC2CNC(=O)O2)cc(C)c1Br. The molecule has 1 aromatic carbocycles. The van der Waals surface area contributed by atoms with Crippen LogP contribution in [0.4, 0.5) is 4.79 Å². The van der Waals surface area contributed by atoms with Crippen LogP contribution in [0.1, 0.15) is 11.1 Å². The maximum atomic E-state index is 10.8. The van der Waals surface area contributed by atoms with Crippen LogP contribution in [0.3, 0.4) is 0 Å². The first-order chi connectivity index (χ1) is 8.06. The molecule has 0 aliphatic carbocycles. The quantitative estimate of drug-likeness (QED) is 0.933. The Balaban J connectivity index is 1.97. The van der Waals surface area contributed by atoms with E-state index in [9.17, 15) is 4.79 Å². The maximum Gasteiger partial charge on any atom is 0.407 e. The Morgan fingerprint density at radius 2 is 2.12 bits per heavy atom. The smallest absolute Gasteiger partial charge is 0.407 e. The van der Waals surface area contributed by atoms with E-state index in [2.05, 4.69) is 21.2 Å². The molecule has 0 aromatic heterocycles. The van der Waals surface area contributed by atoms with E-state index in [1.165, 1.54) is 0 Å². The third-order valence-electron chi connectivity index (χ3n) is 2.59. The highest BCUT2D eigenvalue weighted by Crippen LogP contribution is 2.26. The van der Waals surface area contributed by atoms with Gasteiger partial charge in [-0.2, -0.15) is 0 Å². The highest BCUT2D eigenvalue weighted by atomic mass is 79.9. The van der Waals surface area contributed by atoms with Crippen molar-refractivity contribution in [3.05, 3.63) is 27.7 Å². The van der Waals surface area contributed by atoms with Gasteiger partial charge in [-0.15, -0.1) is 0 Å². The van der Waals surface area contributed by atoms with Crippen LogP contribution >= 0.6 is 15.9 Å². The van der Waals surface area contributed by atoms with Gasteiger partial charge in [-0.3, -0.25) is 0 Å². The molecule has 2 rings (SSSR count). The van der Waals surface area contributed by atoms with Gasteiger partial charge in [-0.25, -0.2) is 4.79 Å². The third kappa shape index (κ3) is 2.91. The molecule has 1 atom stereocenters. The maximum absolute atomic E-state index is 10.8. The van der Waals surface area contributed by atoms with Gasteiger partial charge in [-0.05, 0) is 37.1 Å². The number of amides is 1. The van der Waals surface area contributed by atoms with Gasteiger partial charge in [0.1, 0.15) is 12.4 Å². The van der Waals surface area contributed by atoms with Crippen LogP contribution in [0.15, 0.2) is 16.6 Å². The van der Waals surface area contributed by atoms with Crippen molar-refractivity contribution in [2.24, 2.45) is 0 Å². The first-order valence-corrected chi connectivity index (χ1v) is 6.19. The van der Waals surface area contributed by atoms with Crippen molar-refractivity contribution in [1.82, 2.24) is 5.32 Å². The van der Waals surface area contributed by atoms with Crippen molar-refractivity contribution in [1.29, 1.82) is 0 Å². The molecule has 0 spiro atoms. The third-order valence-corrected chi connectivity index (χ3v) is 3.84. The minimum absolute atomic E-state index is 0.202. The van der Waals surface area contributed by atoms with E-state index in [4.69, 9.17) is 9.47 Å². The monoisotopic (exact) mass is 299 g/mol. The number of hydrogen-bond donors (Lipinski definition) is 1. The number of hydrogen-bond acceptors (Lipinski definition) is 3. The van der Waals surface area contributed by atoms with Gasteiger partial charge in [0.05, 0.1) is 6.54 Å². The molecule has 1 N–H and O–H groups in total. The van der Waals surface area contributed by atoms with E-state index in [1.807, 2.05) is 26.0 Å². The number of carbonyl (C=O) groups is 1. The van der Waals surface area contributed by atoms with Gasteiger partial charge in [0.15, 0.2) is 6.10 Å². The molecule has 1 aromatic rings. The largest absolute Gasteiger partial charge is 0.490 e. The standard InChI is InChI=1S/C12H14BrNO3/c1-7-3-9(4-8(2)11(7)13)16-6-10-5-14-12(15)17-10/h3-4,10H,5-6H2,1-2H3,(H,14,15). The lowest BCUT2D eigenvalue weighted by molar-refractivity contribution is 0.105. The minimum atomic E-state index is -0.373. The van der Waals surface area contributed by atoms with Crippen molar-refractivity contribution in [2.75, 3.05) is 13.2 Å². The highest BCUT2D eigenvalue weighted by Gasteiger charge is 2.22. The molecule has 17 heavy (non-hydrogen) atoms. The zero-order chi connectivity index (χ0) is 12.4. The van der Waals surface area contributed by atoms with Gasteiger partial charge >= 0.3 is 6.09 Å². The van der Waals surface area contributed by atoms with Gasteiger partial charge < -0.3 is 14.8 Å². The Bertz CT molecular complexity index is 424. The molecule has 1 unspecified atom stereocenters. The first-order valence-electron chi connectivity index (χ1n) is 5.40. The Kier molecular flexibility index (Phi) is 3.57. The van der Waals surface area contributed by atoms with Crippen LogP contribution in [0.25, 0.3) is 0 Å². The number of carbonyl (C=O) groups excluding carboxylic acids is 1. The molecule has 1 aliphatic rings. The van der Waals surface area contributed by atoms with Crippen molar-refractivity contribution in [3.8, 4) is 5.75 Å². The van der Waals surface area contributed by atoms with Gasteiger partial charge in [0.2, 0.25) is 0 Å². The summed E-state index contributed by atoms with van der Waals surface area (Å²) < 4.78 is 11.7. The lowest BCUT2D eigenvalue weighted by Crippen LogP contribution is -2.22.